The molecule has 0 saturated carbocycles. The van der Waals surface area contributed by atoms with Gasteiger partial charge in [0.15, 0.2) is 0 Å². The molecule has 1 aliphatic rings. The van der Waals surface area contributed by atoms with Crippen LogP contribution in [0.4, 0.5) is 0 Å². The lowest BCUT2D eigenvalue weighted by atomic mass is 9.85. The van der Waals surface area contributed by atoms with Gasteiger partial charge in [-0.1, -0.05) is 71.3 Å². The Morgan fingerprint density at radius 2 is 1.86 bits per heavy atom. The van der Waals surface area contributed by atoms with Gasteiger partial charge in [0.05, 0.1) is 0 Å². The molecule has 0 amide bonds. The molecular weight excluding hydrogens is 320 g/mol. The highest BCUT2D eigenvalue weighted by molar-refractivity contribution is 9.10. The summed E-state index contributed by atoms with van der Waals surface area (Å²) in [6.07, 6.45) is 6.03. The number of allylic oxidation sites excluding steroid dienone is 1. The molecule has 1 unspecified atom stereocenters. The summed E-state index contributed by atoms with van der Waals surface area (Å²) in [5.41, 5.74) is 7.25. The zero-order valence-electron chi connectivity index (χ0n) is 12.7. The Balaban J connectivity index is 2.04. The molecule has 1 heteroatoms. The number of hydrogen-bond acceptors (Lipinski definition) is 0. The Morgan fingerprint density at radius 3 is 2.67 bits per heavy atom. The van der Waals surface area contributed by atoms with E-state index in [1.54, 1.807) is 0 Å². The van der Waals surface area contributed by atoms with Crippen LogP contribution in [0.3, 0.4) is 0 Å². The Kier molecular flexibility index (Phi) is 4.30. The minimum Gasteiger partial charge on any atom is -0.0654 e. The molecule has 0 saturated heterocycles. The standard InChI is InChI=1S/C20H21Br/c1-3-4-7-15-8-5-6-9-18(15)20-14(2)12-16-13-17(21)10-11-19(16)20/h5-6,8-13,20H,3-4,7H2,1-2H3. The Hall–Kier alpha value is -1.34. The number of halogens is 1. The van der Waals surface area contributed by atoms with Crippen LogP contribution in [-0.2, 0) is 6.42 Å². The molecule has 2 aromatic carbocycles. The van der Waals surface area contributed by atoms with Crippen molar-refractivity contribution in [1.82, 2.24) is 0 Å². The number of fused-ring (bicyclic) bond motifs is 1. The van der Waals surface area contributed by atoms with Crippen molar-refractivity contribution in [3.8, 4) is 0 Å². The highest BCUT2D eigenvalue weighted by atomic mass is 79.9. The minimum absolute atomic E-state index is 0.432. The van der Waals surface area contributed by atoms with E-state index in [0.29, 0.717) is 5.92 Å². The predicted octanol–water partition coefficient (Wildman–Crippen LogP) is 6.34. The van der Waals surface area contributed by atoms with Crippen molar-refractivity contribution < 1.29 is 0 Å². The van der Waals surface area contributed by atoms with Crippen molar-refractivity contribution in [2.45, 2.75) is 39.0 Å². The molecule has 0 heterocycles. The first kappa shape index (κ1) is 14.6. The maximum absolute atomic E-state index is 3.58. The van der Waals surface area contributed by atoms with Gasteiger partial charge in [-0.2, -0.15) is 0 Å². The highest BCUT2D eigenvalue weighted by Crippen LogP contribution is 2.42. The Labute approximate surface area is 136 Å². The van der Waals surface area contributed by atoms with Crippen molar-refractivity contribution in [3.05, 3.63) is 74.8 Å². The van der Waals surface area contributed by atoms with E-state index in [0.717, 1.165) is 4.47 Å². The lowest BCUT2D eigenvalue weighted by Crippen LogP contribution is -2.04. The van der Waals surface area contributed by atoms with Crippen LogP contribution in [0.2, 0.25) is 0 Å². The molecule has 108 valence electrons. The third-order valence-electron chi connectivity index (χ3n) is 4.36. The molecule has 0 spiro atoms. The SMILES string of the molecule is CCCCc1ccccc1C1C(C)=Cc2cc(Br)ccc21. The molecular formula is C20H21Br. The topological polar surface area (TPSA) is 0 Å². The van der Waals surface area contributed by atoms with Gasteiger partial charge in [-0.25, -0.2) is 0 Å². The van der Waals surface area contributed by atoms with Gasteiger partial charge < -0.3 is 0 Å². The van der Waals surface area contributed by atoms with Crippen molar-refractivity contribution in [1.29, 1.82) is 0 Å². The van der Waals surface area contributed by atoms with Gasteiger partial charge in [0, 0.05) is 10.4 Å². The molecule has 0 aliphatic heterocycles. The van der Waals surface area contributed by atoms with Crippen LogP contribution >= 0.6 is 15.9 Å². The van der Waals surface area contributed by atoms with E-state index in [9.17, 15) is 0 Å². The largest absolute Gasteiger partial charge is 0.0654 e. The average molecular weight is 341 g/mol. The fourth-order valence-electron chi connectivity index (χ4n) is 3.33. The van der Waals surface area contributed by atoms with Crippen LogP contribution in [-0.4, -0.2) is 0 Å². The number of hydrogen-bond donors (Lipinski definition) is 0. The molecule has 2 aromatic rings. The summed E-state index contributed by atoms with van der Waals surface area (Å²) in [6, 6.07) is 15.6. The molecule has 3 rings (SSSR count). The summed E-state index contributed by atoms with van der Waals surface area (Å²) in [5.74, 6) is 0.432. The second-order valence-corrected chi connectivity index (χ2v) is 6.81. The van der Waals surface area contributed by atoms with E-state index in [-0.39, 0.29) is 0 Å². The zero-order chi connectivity index (χ0) is 14.8. The third-order valence-corrected chi connectivity index (χ3v) is 4.86. The van der Waals surface area contributed by atoms with Crippen molar-refractivity contribution in [2.24, 2.45) is 0 Å². The van der Waals surface area contributed by atoms with Crippen LogP contribution in [0.5, 0.6) is 0 Å². The number of rotatable bonds is 4. The molecule has 0 N–H and O–H groups in total. The first-order chi connectivity index (χ1) is 10.2. The lowest BCUT2D eigenvalue weighted by Gasteiger charge is -2.19. The Bertz CT molecular complexity index is 682. The smallest absolute Gasteiger partial charge is 0.0308 e. The molecule has 0 bridgehead atoms. The first-order valence-electron chi connectivity index (χ1n) is 7.76. The first-order valence-corrected chi connectivity index (χ1v) is 8.55. The maximum Gasteiger partial charge on any atom is 0.0308 e. The minimum atomic E-state index is 0.432. The molecule has 0 nitrogen and oxygen atoms in total. The fourth-order valence-corrected chi connectivity index (χ4v) is 3.71. The quantitative estimate of drug-likeness (QED) is 0.609. The lowest BCUT2D eigenvalue weighted by molar-refractivity contribution is 0.781. The van der Waals surface area contributed by atoms with Gasteiger partial charge in [-0.05, 0) is 54.2 Å². The van der Waals surface area contributed by atoms with Crippen molar-refractivity contribution in [2.75, 3.05) is 0 Å². The average Bonchev–Trinajstić information content (AvgIpc) is 2.80. The van der Waals surface area contributed by atoms with Gasteiger partial charge in [-0.3, -0.25) is 0 Å². The van der Waals surface area contributed by atoms with E-state index in [4.69, 9.17) is 0 Å². The highest BCUT2D eigenvalue weighted by Gasteiger charge is 2.25. The van der Waals surface area contributed by atoms with Crippen molar-refractivity contribution in [3.63, 3.8) is 0 Å². The van der Waals surface area contributed by atoms with Crippen LogP contribution in [0, 0.1) is 0 Å². The van der Waals surface area contributed by atoms with Crippen LogP contribution in [0.1, 0.15) is 54.9 Å². The number of unbranched alkanes of at least 4 members (excludes halogenated alkanes) is 1. The summed E-state index contributed by atoms with van der Waals surface area (Å²) in [6.45, 7) is 4.52. The molecule has 1 aliphatic carbocycles. The van der Waals surface area contributed by atoms with E-state index in [2.05, 4.69) is 78.3 Å². The van der Waals surface area contributed by atoms with Crippen LogP contribution < -0.4 is 0 Å². The summed E-state index contributed by atoms with van der Waals surface area (Å²) >= 11 is 3.58. The number of aryl methyl sites for hydroxylation is 1. The van der Waals surface area contributed by atoms with Gasteiger partial charge in [0.1, 0.15) is 0 Å². The molecule has 21 heavy (non-hydrogen) atoms. The van der Waals surface area contributed by atoms with E-state index < -0.39 is 0 Å². The third kappa shape index (κ3) is 2.85. The number of benzene rings is 2. The zero-order valence-corrected chi connectivity index (χ0v) is 14.3. The van der Waals surface area contributed by atoms with Gasteiger partial charge in [0.2, 0.25) is 0 Å². The van der Waals surface area contributed by atoms with Gasteiger partial charge >= 0.3 is 0 Å². The van der Waals surface area contributed by atoms with E-state index >= 15 is 0 Å². The molecule has 1 atom stereocenters. The monoisotopic (exact) mass is 340 g/mol. The van der Waals surface area contributed by atoms with Gasteiger partial charge in [-0.15, -0.1) is 0 Å². The van der Waals surface area contributed by atoms with Crippen molar-refractivity contribution >= 4 is 22.0 Å². The predicted molar refractivity (Wildman–Crippen MR) is 94.7 cm³/mol. The van der Waals surface area contributed by atoms with Crippen LogP contribution in [0.15, 0.2) is 52.5 Å². The van der Waals surface area contributed by atoms with Crippen LogP contribution in [0.25, 0.3) is 6.08 Å². The summed E-state index contributed by atoms with van der Waals surface area (Å²) in [7, 11) is 0. The van der Waals surface area contributed by atoms with Gasteiger partial charge in [0.25, 0.3) is 0 Å². The fraction of sp³-hybridized carbons (Fsp3) is 0.300. The molecule has 0 fully saturated rings. The van der Waals surface area contributed by atoms with E-state index in [1.807, 2.05) is 0 Å². The maximum atomic E-state index is 3.58. The summed E-state index contributed by atoms with van der Waals surface area (Å²) in [4.78, 5) is 0. The molecule has 0 radical (unpaired) electrons. The molecule has 0 aromatic heterocycles. The second kappa shape index (κ2) is 6.19. The second-order valence-electron chi connectivity index (χ2n) is 5.90. The normalized spacial score (nSPS) is 16.7. The summed E-state index contributed by atoms with van der Waals surface area (Å²) < 4.78 is 1.16. The Morgan fingerprint density at radius 1 is 1.05 bits per heavy atom. The van der Waals surface area contributed by atoms with E-state index in [1.165, 1.54) is 47.1 Å². The summed E-state index contributed by atoms with van der Waals surface area (Å²) in [5, 5.41) is 0.